The summed E-state index contributed by atoms with van der Waals surface area (Å²) in [7, 11) is 6.75. The van der Waals surface area contributed by atoms with Crippen LogP contribution in [0.15, 0.2) is 22.7 Å². The first-order chi connectivity index (χ1) is 10.4. The lowest BCUT2D eigenvalue weighted by atomic mass is 10.2. The smallest absolute Gasteiger partial charge is 0.277 e. The van der Waals surface area contributed by atoms with E-state index in [1.54, 1.807) is 21.2 Å². The average Bonchev–Trinajstić information content (AvgIpc) is 2.47. The van der Waals surface area contributed by atoms with Gasteiger partial charge in [0.25, 0.3) is 5.91 Å². The predicted molar refractivity (Wildman–Crippen MR) is 87.9 cm³/mol. The van der Waals surface area contributed by atoms with E-state index in [0.717, 1.165) is 20.7 Å². The van der Waals surface area contributed by atoms with Crippen LogP contribution in [0.1, 0.15) is 5.56 Å². The van der Waals surface area contributed by atoms with Gasteiger partial charge in [-0.05, 0) is 18.2 Å². The van der Waals surface area contributed by atoms with Gasteiger partial charge in [0.2, 0.25) is 5.91 Å². The first-order valence-corrected chi connectivity index (χ1v) is 7.75. The van der Waals surface area contributed by atoms with E-state index in [2.05, 4.69) is 21.2 Å². The van der Waals surface area contributed by atoms with Gasteiger partial charge in [0.15, 0.2) is 6.54 Å². The molecule has 22 heavy (non-hydrogen) atoms. The lowest BCUT2D eigenvalue weighted by molar-refractivity contribution is -0.885. The quantitative estimate of drug-likeness (QED) is 0.689. The third kappa shape index (κ3) is 5.65. The van der Waals surface area contributed by atoms with E-state index in [1.807, 2.05) is 25.2 Å². The van der Waals surface area contributed by atoms with Gasteiger partial charge in [-0.3, -0.25) is 9.59 Å². The predicted octanol–water partition coefficient (Wildman–Crippen LogP) is -0.323. The molecule has 0 saturated carbocycles. The zero-order valence-corrected chi connectivity index (χ0v) is 15.0. The summed E-state index contributed by atoms with van der Waals surface area (Å²) >= 11 is 3.44. The van der Waals surface area contributed by atoms with Gasteiger partial charge in [0, 0.05) is 24.1 Å². The first kappa shape index (κ1) is 18.4. The molecule has 0 heterocycles. The van der Waals surface area contributed by atoms with E-state index in [4.69, 9.17) is 4.74 Å². The van der Waals surface area contributed by atoms with Crippen molar-refractivity contribution in [3.05, 3.63) is 28.2 Å². The molecule has 0 saturated heterocycles. The monoisotopic (exact) mass is 372 g/mol. The lowest BCUT2D eigenvalue weighted by Crippen LogP contribution is -3.08. The second-order valence-corrected chi connectivity index (χ2v) is 6.11. The van der Waals surface area contributed by atoms with Crippen LogP contribution in [0.5, 0.6) is 5.75 Å². The molecule has 2 amide bonds. The van der Waals surface area contributed by atoms with Crippen LogP contribution in [0.3, 0.4) is 0 Å². The molecule has 6 nitrogen and oxygen atoms in total. The Bertz CT molecular complexity index is 537. The van der Waals surface area contributed by atoms with Crippen LogP contribution in [0, 0.1) is 0 Å². The van der Waals surface area contributed by atoms with E-state index in [-0.39, 0.29) is 18.4 Å². The van der Waals surface area contributed by atoms with Gasteiger partial charge in [0.1, 0.15) is 12.3 Å². The highest BCUT2D eigenvalue weighted by atomic mass is 79.9. The molecule has 1 aromatic rings. The summed E-state index contributed by atoms with van der Waals surface area (Å²) in [6, 6.07) is 5.80. The Hall–Kier alpha value is -1.60. The third-order valence-electron chi connectivity index (χ3n) is 3.27. The number of halogens is 1. The molecule has 0 bridgehead atoms. The molecule has 122 valence electrons. The summed E-state index contributed by atoms with van der Waals surface area (Å²) in [5, 5.41) is 2.50. The highest BCUT2D eigenvalue weighted by Crippen LogP contribution is 2.21. The fourth-order valence-corrected chi connectivity index (χ4v) is 2.46. The Morgan fingerprint density at radius 3 is 2.68 bits per heavy atom. The molecule has 0 spiro atoms. The van der Waals surface area contributed by atoms with Crippen molar-refractivity contribution >= 4 is 27.7 Å². The van der Waals surface area contributed by atoms with Crippen LogP contribution in [0.2, 0.25) is 0 Å². The zero-order valence-electron chi connectivity index (χ0n) is 13.4. The number of quaternary nitrogens is 1. The molecule has 0 aliphatic rings. The Balaban J connectivity index is 2.62. The fraction of sp³-hybridized carbons (Fsp3) is 0.467. The van der Waals surface area contributed by atoms with E-state index >= 15 is 0 Å². The van der Waals surface area contributed by atoms with Crippen LogP contribution in [0.25, 0.3) is 0 Å². The van der Waals surface area contributed by atoms with Crippen molar-refractivity contribution in [2.24, 2.45) is 0 Å². The highest BCUT2D eigenvalue weighted by molar-refractivity contribution is 9.10. The molecule has 2 N–H and O–H groups in total. The topological polar surface area (TPSA) is 63.1 Å². The van der Waals surface area contributed by atoms with Gasteiger partial charge < -0.3 is 19.9 Å². The number of nitrogens with zero attached hydrogens (tertiary/aromatic N) is 1. The largest absolute Gasteiger partial charge is 0.496 e. The van der Waals surface area contributed by atoms with Crippen molar-refractivity contribution in [2.75, 3.05) is 41.3 Å². The minimum absolute atomic E-state index is 0.0722. The molecule has 1 atom stereocenters. The summed E-state index contributed by atoms with van der Waals surface area (Å²) in [6.07, 6.45) is 0. The maximum Gasteiger partial charge on any atom is 0.277 e. The zero-order chi connectivity index (χ0) is 16.7. The highest BCUT2D eigenvalue weighted by Gasteiger charge is 2.18. The minimum atomic E-state index is -0.179. The molecule has 1 rings (SSSR count). The van der Waals surface area contributed by atoms with Gasteiger partial charge in [-0.1, -0.05) is 15.9 Å². The van der Waals surface area contributed by atoms with Crippen LogP contribution < -0.4 is 15.0 Å². The average molecular weight is 373 g/mol. The molecular weight excluding hydrogens is 350 g/mol. The molecular formula is C15H23BrN3O3+. The molecule has 7 heteroatoms. The van der Waals surface area contributed by atoms with Gasteiger partial charge in [-0.25, -0.2) is 0 Å². The second kappa shape index (κ2) is 8.75. The van der Waals surface area contributed by atoms with Crippen LogP contribution in [0.4, 0.5) is 0 Å². The normalized spacial score (nSPS) is 11.7. The van der Waals surface area contributed by atoms with Crippen molar-refractivity contribution in [3.8, 4) is 5.75 Å². The van der Waals surface area contributed by atoms with Gasteiger partial charge in [-0.15, -0.1) is 0 Å². The summed E-state index contributed by atoms with van der Waals surface area (Å²) in [5.41, 5.74) is 1.02. The van der Waals surface area contributed by atoms with Crippen molar-refractivity contribution < 1.29 is 19.2 Å². The summed E-state index contributed by atoms with van der Waals surface area (Å²) in [5.74, 6) is 0.547. The number of benzene rings is 1. The number of carbonyl (C=O) groups is 2. The maximum absolute atomic E-state index is 12.1. The Labute approximate surface area is 139 Å². The summed E-state index contributed by atoms with van der Waals surface area (Å²) < 4.78 is 6.31. The molecule has 0 aliphatic carbocycles. The van der Waals surface area contributed by atoms with Crippen LogP contribution >= 0.6 is 15.9 Å². The van der Waals surface area contributed by atoms with Crippen LogP contribution in [-0.4, -0.2) is 58.1 Å². The first-order valence-electron chi connectivity index (χ1n) is 6.95. The molecule has 1 unspecified atom stereocenters. The van der Waals surface area contributed by atoms with Gasteiger partial charge in [-0.2, -0.15) is 0 Å². The fourth-order valence-electron chi connectivity index (χ4n) is 2.05. The number of ether oxygens (including phenoxy) is 1. The van der Waals surface area contributed by atoms with E-state index in [0.29, 0.717) is 13.1 Å². The number of carbonyl (C=O) groups excluding carboxylic acids is 2. The number of rotatable bonds is 7. The third-order valence-corrected chi connectivity index (χ3v) is 3.77. The second-order valence-electron chi connectivity index (χ2n) is 5.19. The van der Waals surface area contributed by atoms with E-state index in [9.17, 15) is 9.59 Å². The number of nitrogens with one attached hydrogen (secondary N) is 2. The SMILES string of the molecule is CNC(=O)CN(C)C(=O)C[NH+](C)Cc1cc(Br)ccc1OC. The molecule has 0 aliphatic heterocycles. The van der Waals surface area contributed by atoms with Crippen molar-refractivity contribution in [3.63, 3.8) is 0 Å². The number of hydrogen-bond acceptors (Lipinski definition) is 3. The van der Waals surface area contributed by atoms with E-state index < -0.39 is 0 Å². The molecule has 0 aromatic heterocycles. The standard InChI is InChI=1S/C15H22BrN3O3/c1-17-14(20)9-19(3)15(21)10-18(2)8-11-7-12(16)5-6-13(11)22-4/h5-7H,8-10H2,1-4H3,(H,17,20)/p+1. The lowest BCUT2D eigenvalue weighted by Gasteiger charge is -2.20. The van der Waals surface area contributed by atoms with Gasteiger partial charge in [0.05, 0.1) is 20.7 Å². The maximum atomic E-state index is 12.1. The van der Waals surface area contributed by atoms with E-state index in [1.165, 1.54) is 4.90 Å². The van der Waals surface area contributed by atoms with Crippen LogP contribution in [-0.2, 0) is 16.1 Å². The number of hydrogen-bond donors (Lipinski definition) is 2. The summed E-state index contributed by atoms with van der Waals surface area (Å²) in [6.45, 7) is 1.04. The van der Waals surface area contributed by atoms with Gasteiger partial charge >= 0.3 is 0 Å². The minimum Gasteiger partial charge on any atom is -0.496 e. The number of likely N-dealkylation sites (N-methyl/N-ethyl adjacent to an activating group) is 3. The van der Waals surface area contributed by atoms with Crippen molar-refractivity contribution in [1.29, 1.82) is 0 Å². The molecule has 1 aromatic carbocycles. The molecule has 0 fully saturated rings. The number of amides is 2. The van der Waals surface area contributed by atoms with Crippen molar-refractivity contribution in [1.82, 2.24) is 10.2 Å². The Morgan fingerprint density at radius 2 is 2.09 bits per heavy atom. The number of methoxy groups -OCH3 is 1. The Morgan fingerprint density at radius 1 is 1.41 bits per heavy atom. The Kier molecular flexibility index (Phi) is 7.34. The van der Waals surface area contributed by atoms with Crippen molar-refractivity contribution in [2.45, 2.75) is 6.54 Å². The molecule has 0 radical (unpaired) electrons. The summed E-state index contributed by atoms with van der Waals surface area (Å²) in [4.78, 5) is 25.8.